The van der Waals surface area contributed by atoms with Crippen LogP contribution in [0.25, 0.3) is 0 Å². The van der Waals surface area contributed by atoms with Gasteiger partial charge in [0.05, 0.1) is 32.7 Å². The van der Waals surface area contributed by atoms with Gasteiger partial charge in [-0.25, -0.2) is 4.98 Å². The molecular formula is C16H22N2O4. The number of ether oxygens (including phenoxy) is 3. The largest absolute Gasteiger partial charge is 0.477 e. The monoisotopic (exact) mass is 306 g/mol. The van der Waals surface area contributed by atoms with Crippen molar-refractivity contribution in [2.45, 2.75) is 18.4 Å². The number of aromatic nitrogens is 1. The molecule has 1 unspecified atom stereocenters. The molecule has 0 N–H and O–H groups in total. The van der Waals surface area contributed by atoms with Crippen molar-refractivity contribution in [3.8, 4) is 5.88 Å². The molecule has 120 valence electrons. The summed E-state index contributed by atoms with van der Waals surface area (Å²) in [5.74, 6) is 1.07. The first-order valence-corrected chi connectivity index (χ1v) is 7.68. The second-order valence-corrected chi connectivity index (χ2v) is 5.87. The average molecular weight is 306 g/mol. The van der Waals surface area contributed by atoms with E-state index < -0.39 is 0 Å². The Kier molecular flexibility index (Phi) is 4.59. The maximum Gasteiger partial charge on any atom is 0.225 e. The Bertz CT molecular complexity index is 502. The highest BCUT2D eigenvalue weighted by molar-refractivity contribution is 5.77. The lowest BCUT2D eigenvalue weighted by atomic mass is 9.81. The second kappa shape index (κ2) is 6.62. The Morgan fingerprint density at radius 2 is 2.36 bits per heavy atom. The molecule has 3 heterocycles. The Morgan fingerprint density at radius 1 is 1.50 bits per heavy atom. The summed E-state index contributed by atoms with van der Waals surface area (Å²) >= 11 is 0. The summed E-state index contributed by atoms with van der Waals surface area (Å²) in [6.07, 6.45) is 3.12. The van der Waals surface area contributed by atoms with E-state index in [1.165, 1.54) is 0 Å². The van der Waals surface area contributed by atoms with Crippen LogP contribution in [0.15, 0.2) is 24.4 Å². The zero-order valence-electron chi connectivity index (χ0n) is 12.9. The lowest BCUT2D eigenvalue weighted by Gasteiger charge is -2.50. The van der Waals surface area contributed by atoms with Crippen molar-refractivity contribution in [1.29, 1.82) is 0 Å². The molecule has 1 amide bonds. The number of pyridine rings is 1. The summed E-state index contributed by atoms with van der Waals surface area (Å²) in [7, 11) is 1.61. The Morgan fingerprint density at radius 3 is 3.09 bits per heavy atom. The molecule has 0 saturated carbocycles. The summed E-state index contributed by atoms with van der Waals surface area (Å²) in [5.41, 5.74) is -0.225. The molecule has 1 aromatic rings. The van der Waals surface area contributed by atoms with Gasteiger partial charge in [0.2, 0.25) is 11.8 Å². The standard InChI is InChI=1S/C16H22N2O4/c1-20-8-6-15(19)18-11-16(12-18)13(5-9-22-16)10-21-14-4-2-3-7-17-14/h2-4,7,13H,5-6,8-12H2,1H3. The fraction of sp³-hybridized carbons (Fsp3) is 0.625. The zero-order chi connectivity index (χ0) is 15.4. The SMILES string of the molecule is COCCC(=O)N1CC2(C1)OCCC2COc1ccccn1. The van der Waals surface area contributed by atoms with Crippen molar-refractivity contribution in [1.82, 2.24) is 9.88 Å². The first kappa shape index (κ1) is 15.2. The minimum Gasteiger partial charge on any atom is -0.477 e. The van der Waals surface area contributed by atoms with Crippen LogP contribution in [0, 0.1) is 5.92 Å². The third-order valence-electron chi connectivity index (χ3n) is 4.46. The Labute approximate surface area is 130 Å². The molecule has 2 aliphatic rings. The van der Waals surface area contributed by atoms with E-state index in [4.69, 9.17) is 14.2 Å². The van der Waals surface area contributed by atoms with Crippen molar-refractivity contribution in [2.75, 3.05) is 40.0 Å². The number of methoxy groups -OCH3 is 1. The van der Waals surface area contributed by atoms with E-state index in [1.807, 2.05) is 23.1 Å². The number of carbonyl (C=O) groups is 1. The molecule has 2 aliphatic heterocycles. The number of likely N-dealkylation sites (tertiary alicyclic amines) is 1. The lowest BCUT2D eigenvalue weighted by molar-refractivity contribution is -0.167. The maximum absolute atomic E-state index is 12.0. The fourth-order valence-electron chi connectivity index (χ4n) is 3.11. The molecule has 0 aliphatic carbocycles. The molecule has 0 radical (unpaired) electrons. The summed E-state index contributed by atoms with van der Waals surface area (Å²) in [4.78, 5) is 18.0. The van der Waals surface area contributed by atoms with Gasteiger partial charge in [0.15, 0.2) is 0 Å². The van der Waals surface area contributed by atoms with Crippen LogP contribution in [0.1, 0.15) is 12.8 Å². The van der Waals surface area contributed by atoms with Crippen molar-refractivity contribution < 1.29 is 19.0 Å². The van der Waals surface area contributed by atoms with E-state index in [9.17, 15) is 4.79 Å². The normalized spacial score (nSPS) is 22.6. The van der Waals surface area contributed by atoms with Crippen LogP contribution < -0.4 is 4.74 Å². The molecule has 2 saturated heterocycles. The average Bonchev–Trinajstić information content (AvgIpc) is 2.94. The van der Waals surface area contributed by atoms with Gasteiger partial charge in [-0.05, 0) is 12.5 Å². The van der Waals surface area contributed by atoms with E-state index in [0.29, 0.717) is 44.5 Å². The van der Waals surface area contributed by atoms with Crippen LogP contribution in [0.5, 0.6) is 5.88 Å². The molecule has 0 bridgehead atoms. The number of hydrogen-bond donors (Lipinski definition) is 0. The van der Waals surface area contributed by atoms with Crippen molar-refractivity contribution in [3.05, 3.63) is 24.4 Å². The third kappa shape index (κ3) is 3.08. The van der Waals surface area contributed by atoms with Crippen LogP contribution in [0.3, 0.4) is 0 Å². The molecule has 2 fully saturated rings. The molecule has 6 nitrogen and oxygen atoms in total. The van der Waals surface area contributed by atoms with Gasteiger partial charge in [-0.1, -0.05) is 6.07 Å². The van der Waals surface area contributed by atoms with E-state index in [-0.39, 0.29) is 11.5 Å². The number of hydrogen-bond acceptors (Lipinski definition) is 5. The van der Waals surface area contributed by atoms with Gasteiger partial charge >= 0.3 is 0 Å². The van der Waals surface area contributed by atoms with Gasteiger partial charge in [-0.2, -0.15) is 0 Å². The first-order chi connectivity index (χ1) is 10.7. The molecule has 3 rings (SSSR count). The molecule has 6 heteroatoms. The van der Waals surface area contributed by atoms with Gasteiger partial charge in [0.1, 0.15) is 5.60 Å². The van der Waals surface area contributed by atoms with Crippen molar-refractivity contribution >= 4 is 5.91 Å². The van der Waals surface area contributed by atoms with Gasteiger partial charge in [0.25, 0.3) is 0 Å². The van der Waals surface area contributed by atoms with Gasteiger partial charge in [-0.15, -0.1) is 0 Å². The number of carbonyl (C=O) groups excluding carboxylic acids is 1. The number of amides is 1. The van der Waals surface area contributed by atoms with Gasteiger partial charge in [0, 0.05) is 31.9 Å². The molecular weight excluding hydrogens is 284 g/mol. The zero-order valence-corrected chi connectivity index (χ0v) is 12.9. The van der Waals surface area contributed by atoms with E-state index in [2.05, 4.69) is 4.98 Å². The second-order valence-electron chi connectivity index (χ2n) is 5.87. The highest BCUT2D eigenvalue weighted by atomic mass is 16.5. The predicted octanol–water partition coefficient (Wildman–Crippen LogP) is 1.11. The van der Waals surface area contributed by atoms with Gasteiger partial charge < -0.3 is 19.1 Å². The van der Waals surface area contributed by atoms with E-state index >= 15 is 0 Å². The maximum atomic E-state index is 12.0. The van der Waals surface area contributed by atoms with Crippen LogP contribution >= 0.6 is 0 Å². The van der Waals surface area contributed by atoms with Crippen molar-refractivity contribution in [3.63, 3.8) is 0 Å². The molecule has 1 atom stereocenters. The Balaban J connectivity index is 1.51. The summed E-state index contributed by atoms with van der Waals surface area (Å²) in [6.45, 7) is 3.10. The van der Waals surface area contributed by atoms with Crippen LogP contribution in [-0.4, -0.2) is 61.4 Å². The van der Waals surface area contributed by atoms with E-state index in [0.717, 1.165) is 13.0 Å². The number of rotatable bonds is 6. The molecule has 0 aromatic carbocycles. The molecule has 1 aromatic heterocycles. The fourth-order valence-corrected chi connectivity index (χ4v) is 3.11. The van der Waals surface area contributed by atoms with Crippen LogP contribution in [0.2, 0.25) is 0 Å². The summed E-state index contributed by atoms with van der Waals surface area (Å²) in [5, 5.41) is 0. The smallest absolute Gasteiger partial charge is 0.225 e. The third-order valence-corrected chi connectivity index (χ3v) is 4.46. The Hall–Kier alpha value is -1.66. The first-order valence-electron chi connectivity index (χ1n) is 7.68. The highest BCUT2D eigenvalue weighted by Gasteiger charge is 2.54. The predicted molar refractivity (Wildman–Crippen MR) is 79.6 cm³/mol. The van der Waals surface area contributed by atoms with E-state index in [1.54, 1.807) is 13.3 Å². The van der Waals surface area contributed by atoms with Gasteiger partial charge in [-0.3, -0.25) is 4.79 Å². The lowest BCUT2D eigenvalue weighted by Crippen LogP contribution is -2.66. The van der Waals surface area contributed by atoms with Crippen LogP contribution in [-0.2, 0) is 14.3 Å². The molecule has 22 heavy (non-hydrogen) atoms. The minimum atomic E-state index is -0.225. The summed E-state index contributed by atoms with van der Waals surface area (Å²) < 4.78 is 16.7. The number of nitrogens with zero attached hydrogens (tertiary/aromatic N) is 2. The quantitative estimate of drug-likeness (QED) is 0.788. The highest BCUT2D eigenvalue weighted by Crippen LogP contribution is 2.40. The molecule has 1 spiro atoms. The van der Waals surface area contributed by atoms with Crippen LogP contribution in [0.4, 0.5) is 0 Å². The summed E-state index contributed by atoms with van der Waals surface area (Å²) in [6, 6.07) is 5.62. The minimum absolute atomic E-state index is 0.132. The van der Waals surface area contributed by atoms with Crippen molar-refractivity contribution in [2.24, 2.45) is 5.92 Å². The topological polar surface area (TPSA) is 60.9 Å².